The minimum absolute atomic E-state index is 0.0601. The Morgan fingerprint density at radius 2 is 2.06 bits per heavy atom. The molecular weight excluding hydrogens is 200 g/mol. The molecule has 0 atom stereocenters. The molecule has 0 spiro atoms. The van der Waals surface area contributed by atoms with Crippen molar-refractivity contribution in [2.24, 2.45) is 0 Å². The van der Waals surface area contributed by atoms with Gasteiger partial charge < -0.3 is 10.6 Å². The van der Waals surface area contributed by atoms with Crippen molar-refractivity contribution in [3.05, 3.63) is 36.4 Å². The van der Waals surface area contributed by atoms with Gasteiger partial charge in [0.25, 0.3) is 0 Å². The summed E-state index contributed by atoms with van der Waals surface area (Å²) >= 11 is 0. The molecule has 16 heavy (non-hydrogen) atoms. The van der Waals surface area contributed by atoms with Gasteiger partial charge in [-0.3, -0.25) is 4.79 Å². The molecule has 1 rings (SSSR count). The van der Waals surface area contributed by atoms with E-state index < -0.39 is 0 Å². The van der Waals surface area contributed by atoms with Crippen molar-refractivity contribution >= 4 is 17.3 Å². The van der Waals surface area contributed by atoms with Gasteiger partial charge in [-0.2, -0.15) is 0 Å². The average Bonchev–Trinajstić information content (AvgIpc) is 2.25. The van der Waals surface area contributed by atoms with E-state index in [1.165, 1.54) is 6.92 Å². The Bertz CT molecular complexity index is 385. The second-order valence-corrected chi connectivity index (χ2v) is 3.72. The molecule has 0 radical (unpaired) electrons. The average molecular weight is 218 g/mol. The van der Waals surface area contributed by atoms with Crippen molar-refractivity contribution in [3.63, 3.8) is 0 Å². The second-order valence-electron chi connectivity index (χ2n) is 3.72. The molecule has 0 unspecified atom stereocenters. The van der Waals surface area contributed by atoms with Gasteiger partial charge in [-0.1, -0.05) is 25.1 Å². The van der Waals surface area contributed by atoms with Crippen LogP contribution in [0.2, 0.25) is 0 Å². The number of amides is 1. The number of nitrogens with one attached hydrogen (secondary N) is 2. The largest absolute Gasteiger partial charge is 0.381 e. The van der Waals surface area contributed by atoms with Crippen LogP contribution < -0.4 is 10.6 Å². The quantitative estimate of drug-likeness (QED) is 0.746. The lowest BCUT2D eigenvalue weighted by Gasteiger charge is -2.09. The Balaban J connectivity index is 2.60. The highest BCUT2D eigenvalue weighted by Crippen LogP contribution is 2.15. The molecule has 3 heteroatoms. The number of hydrogen-bond donors (Lipinski definition) is 2. The fraction of sp³-hybridized carbons (Fsp3) is 0.308. The lowest BCUT2D eigenvalue weighted by molar-refractivity contribution is -0.114. The third kappa shape index (κ3) is 4.17. The van der Waals surface area contributed by atoms with Crippen LogP contribution in [0.1, 0.15) is 20.3 Å². The molecule has 0 aliphatic heterocycles. The second kappa shape index (κ2) is 5.95. The normalized spacial score (nSPS) is 9.62. The summed E-state index contributed by atoms with van der Waals surface area (Å²) in [5.41, 5.74) is 2.95. The van der Waals surface area contributed by atoms with Gasteiger partial charge >= 0.3 is 0 Å². The molecular formula is C13H18N2O. The summed E-state index contributed by atoms with van der Waals surface area (Å²) in [5.74, 6) is -0.0601. The monoisotopic (exact) mass is 218 g/mol. The zero-order chi connectivity index (χ0) is 12.0. The van der Waals surface area contributed by atoms with Gasteiger partial charge in [0.15, 0.2) is 0 Å². The summed E-state index contributed by atoms with van der Waals surface area (Å²) in [6.45, 7) is 8.27. The van der Waals surface area contributed by atoms with Gasteiger partial charge in [-0.25, -0.2) is 0 Å². The summed E-state index contributed by atoms with van der Waals surface area (Å²) in [4.78, 5) is 10.9. The highest BCUT2D eigenvalue weighted by Gasteiger charge is 1.97. The molecule has 1 amide bonds. The van der Waals surface area contributed by atoms with E-state index in [0.717, 1.165) is 29.9 Å². The maximum Gasteiger partial charge on any atom is 0.221 e. The van der Waals surface area contributed by atoms with Crippen molar-refractivity contribution in [1.29, 1.82) is 0 Å². The molecule has 0 heterocycles. The first kappa shape index (κ1) is 12.3. The van der Waals surface area contributed by atoms with Gasteiger partial charge in [0, 0.05) is 24.8 Å². The molecule has 1 aromatic carbocycles. The number of carbonyl (C=O) groups is 1. The third-order valence-corrected chi connectivity index (χ3v) is 2.23. The number of carbonyl (C=O) groups excluding carboxylic acids is 1. The van der Waals surface area contributed by atoms with Crippen LogP contribution in [0.3, 0.4) is 0 Å². The molecule has 0 saturated carbocycles. The van der Waals surface area contributed by atoms with Crippen molar-refractivity contribution < 1.29 is 4.79 Å². The fourth-order valence-electron chi connectivity index (χ4n) is 1.26. The van der Waals surface area contributed by atoms with E-state index >= 15 is 0 Å². The molecule has 0 fully saturated rings. The predicted molar refractivity (Wildman–Crippen MR) is 68.7 cm³/mol. The van der Waals surface area contributed by atoms with Crippen LogP contribution in [0.4, 0.5) is 11.4 Å². The Labute approximate surface area is 96.6 Å². The smallest absolute Gasteiger partial charge is 0.221 e. The van der Waals surface area contributed by atoms with Crippen LogP contribution in [0.15, 0.2) is 36.4 Å². The van der Waals surface area contributed by atoms with E-state index in [1.807, 2.05) is 24.3 Å². The van der Waals surface area contributed by atoms with E-state index in [9.17, 15) is 4.79 Å². The lowest BCUT2D eigenvalue weighted by Crippen LogP contribution is -2.07. The summed E-state index contributed by atoms with van der Waals surface area (Å²) in [7, 11) is 0. The van der Waals surface area contributed by atoms with Crippen LogP contribution in [0, 0.1) is 0 Å². The number of rotatable bonds is 5. The van der Waals surface area contributed by atoms with Crippen molar-refractivity contribution in [1.82, 2.24) is 0 Å². The minimum Gasteiger partial charge on any atom is -0.381 e. The SMILES string of the molecule is C=C(CC)CNc1cccc(NC(C)=O)c1. The van der Waals surface area contributed by atoms with E-state index in [2.05, 4.69) is 24.1 Å². The minimum atomic E-state index is -0.0601. The van der Waals surface area contributed by atoms with E-state index in [1.54, 1.807) is 0 Å². The zero-order valence-electron chi connectivity index (χ0n) is 9.84. The van der Waals surface area contributed by atoms with E-state index in [4.69, 9.17) is 0 Å². The zero-order valence-corrected chi connectivity index (χ0v) is 9.84. The summed E-state index contributed by atoms with van der Waals surface area (Å²) < 4.78 is 0. The molecule has 0 aliphatic rings. The summed E-state index contributed by atoms with van der Waals surface area (Å²) in [5, 5.41) is 6.00. The highest BCUT2D eigenvalue weighted by molar-refractivity contribution is 5.89. The molecule has 1 aromatic rings. The number of anilines is 2. The summed E-state index contributed by atoms with van der Waals surface area (Å²) in [6.07, 6.45) is 0.971. The number of benzene rings is 1. The van der Waals surface area contributed by atoms with Gasteiger partial charge in [0.05, 0.1) is 0 Å². The van der Waals surface area contributed by atoms with Crippen molar-refractivity contribution in [2.75, 3.05) is 17.2 Å². The van der Waals surface area contributed by atoms with Gasteiger partial charge in [0.2, 0.25) is 5.91 Å². The fourth-order valence-corrected chi connectivity index (χ4v) is 1.26. The number of hydrogen-bond acceptors (Lipinski definition) is 2. The van der Waals surface area contributed by atoms with E-state index in [-0.39, 0.29) is 5.91 Å². The molecule has 2 N–H and O–H groups in total. The molecule has 0 saturated heterocycles. The predicted octanol–water partition coefficient (Wildman–Crippen LogP) is 3.02. The van der Waals surface area contributed by atoms with E-state index in [0.29, 0.717) is 0 Å². The van der Waals surface area contributed by atoms with Gasteiger partial charge in [0.1, 0.15) is 0 Å². The highest BCUT2D eigenvalue weighted by atomic mass is 16.1. The maximum absolute atomic E-state index is 10.9. The Morgan fingerprint density at radius 1 is 1.38 bits per heavy atom. The third-order valence-electron chi connectivity index (χ3n) is 2.23. The van der Waals surface area contributed by atoms with Crippen LogP contribution in [0.5, 0.6) is 0 Å². The van der Waals surface area contributed by atoms with Gasteiger partial charge in [-0.15, -0.1) is 0 Å². The van der Waals surface area contributed by atoms with Crippen molar-refractivity contribution in [3.8, 4) is 0 Å². The van der Waals surface area contributed by atoms with Crippen LogP contribution in [0.25, 0.3) is 0 Å². The molecule has 86 valence electrons. The lowest BCUT2D eigenvalue weighted by atomic mass is 10.2. The Hall–Kier alpha value is -1.77. The topological polar surface area (TPSA) is 41.1 Å². The molecule has 0 aromatic heterocycles. The first-order valence-corrected chi connectivity index (χ1v) is 5.40. The molecule has 0 aliphatic carbocycles. The molecule has 3 nitrogen and oxygen atoms in total. The van der Waals surface area contributed by atoms with Crippen LogP contribution in [-0.4, -0.2) is 12.5 Å². The molecule has 0 bridgehead atoms. The first-order valence-electron chi connectivity index (χ1n) is 5.40. The summed E-state index contributed by atoms with van der Waals surface area (Å²) in [6, 6.07) is 7.64. The maximum atomic E-state index is 10.9. The van der Waals surface area contributed by atoms with Gasteiger partial charge in [-0.05, 0) is 24.6 Å². The first-order chi connectivity index (χ1) is 7.61. The van der Waals surface area contributed by atoms with Crippen molar-refractivity contribution in [2.45, 2.75) is 20.3 Å². The van der Waals surface area contributed by atoms with Crippen LogP contribution in [-0.2, 0) is 4.79 Å². The van der Waals surface area contributed by atoms with Crippen LogP contribution >= 0.6 is 0 Å². The Kier molecular flexibility index (Phi) is 4.58. The standard InChI is InChI=1S/C13H18N2O/c1-4-10(2)9-14-12-6-5-7-13(8-12)15-11(3)16/h5-8,14H,2,4,9H2,1,3H3,(H,15,16). The Morgan fingerprint density at radius 3 is 2.69 bits per heavy atom.